The molecule has 2 unspecified atom stereocenters. The lowest BCUT2D eigenvalue weighted by Crippen LogP contribution is -2.23. The van der Waals surface area contributed by atoms with Crippen molar-refractivity contribution in [2.45, 2.75) is 71.8 Å². The van der Waals surface area contributed by atoms with Crippen molar-refractivity contribution in [3.8, 4) is 0 Å². The Labute approximate surface area is 88.6 Å². The van der Waals surface area contributed by atoms with E-state index in [0.29, 0.717) is 5.92 Å². The molecule has 1 N–H and O–H groups in total. The van der Waals surface area contributed by atoms with Crippen molar-refractivity contribution >= 4 is 0 Å². The maximum Gasteiger partial charge on any atom is 0.0955 e. The Hall–Kier alpha value is -0.0800. The van der Waals surface area contributed by atoms with Gasteiger partial charge in [-0.3, -0.25) is 5.26 Å². The summed E-state index contributed by atoms with van der Waals surface area (Å²) in [5.41, 5.74) is 0. The number of hydrogen-bond acceptors (Lipinski definition) is 2. The predicted molar refractivity (Wildman–Crippen MR) is 60.3 cm³/mol. The Bertz CT molecular complexity index is 115. The molecule has 2 heteroatoms. The second kappa shape index (κ2) is 9.47. The summed E-state index contributed by atoms with van der Waals surface area (Å²) in [5, 5.41) is 8.85. The van der Waals surface area contributed by atoms with Crippen molar-refractivity contribution in [3.63, 3.8) is 0 Å². The highest BCUT2D eigenvalue weighted by Gasteiger charge is 2.20. The highest BCUT2D eigenvalue weighted by molar-refractivity contribution is 4.69. The van der Waals surface area contributed by atoms with Gasteiger partial charge in [0.1, 0.15) is 0 Å². The molecular formula is C12H26O2. The van der Waals surface area contributed by atoms with Gasteiger partial charge in [0, 0.05) is 0 Å². The first-order valence-electron chi connectivity index (χ1n) is 6.10. The quantitative estimate of drug-likeness (QED) is 0.447. The van der Waals surface area contributed by atoms with Gasteiger partial charge in [0.15, 0.2) is 0 Å². The highest BCUT2D eigenvalue weighted by atomic mass is 17.1. The summed E-state index contributed by atoms with van der Waals surface area (Å²) in [6.07, 6.45) is 8.13. The molecule has 2 nitrogen and oxygen atoms in total. The van der Waals surface area contributed by atoms with Gasteiger partial charge in [0.05, 0.1) is 6.10 Å². The van der Waals surface area contributed by atoms with Crippen molar-refractivity contribution in [1.82, 2.24) is 0 Å². The van der Waals surface area contributed by atoms with Crippen LogP contribution in [0.25, 0.3) is 0 Å². The largest absolute Gasteiger partial charge is 0.252 e. The fraction of sp³-hybridized carbons (Fsp3) is 1.00. The van der Waals surface area contributed by atoms with Gasteiger partial charge >= 0.3 is 0 Å². The van der Waals surface area contributed by atoms with Crippen LogP contribution in [0.4, 0.5) is 0 Å². The van der Waals surface area contributed by atoms with E-state index in [-0.39, 0.29) is 6.10 Å². The van der Waals surface area contributed by atoms with Gasteiger partial charge in [0.25, 0.3) is 0 Å². The van der Waals surface area contributed by atoms with Crippen LogP contribution in [0.2, 0.25) is 0 Å². The zero-order chi connectivity index (χ0) is 10.8. The van der Waals surface area contributed by atoms with E-state index in [1.165, 1.54) is 32.1 Å². The standard InChI is InChI=1S/C12H26O2/c1-4-7-10-11(8-5-2)12(14-13)9-6-3/h11-13H,4-10H2,1-3H3. The average Bonchev–Trinajstić information content (AvgIpc) is 2.21. The monoisotopic (exact) mass is 202 g/mol. The third-order valence-electron chi connectivity index (χ3n) is 2.82. The van der Waals surface area contributed by atoms with E-state index in [9.17, 15) is 0 Å². The predicted octanol–water partition coefficient (Wildman–Crippen LogP) is 4.25. The first-order chi connectivity index (χ1) is 6.79. The fourth-order valence-corrected chi connectivity index (χ4v) is 2.01. The molecule has 86 valence electrons. The molecule has 0 heterocycles. The van der Waals surface area contributed by atoms with Gasteiger partial charge in [-0.25, -0.2) is 4.89 Å². The molecule has 0 aliphatic heterocycles. The SMILES string of the molecule is CCCCC(CCC)C(CCC)OO. The first-order valence-corrected chi connectivity index (χ1v) is 6.10. The highest BCUT2D eigenvalue weighted by Crippen LogP contribution is 2.23. The molecule has 0 amide bonds. The summed E-state index contributed by atoms with van der Waals surface area (Å²) in [6.45, 7) is 6.53. The van der Waals surface area contributed by atoms with Crippen LogP contribution in [0, 0.1) is 5.92 Å². The van der Waals surface area contributed by atoms with Crippen LogP contribution in [-0.4, -0.2) is 11.4 Å². The Kier molecular flexibility index (Phi) is 9.42. The second-order valence-electron chi connectivity index (χ2n) is 4.12. The van der Waals surface area contributed by atoms with E-state index >= 15 is 0 Å². The molecule has 2 atom stereocenters. The maximum atomic E-state index is 8.85. The lowest BCUT2D eigenvalue weighted by molar-refractivity contribution is -0.292. The second-order valence-corrected chi connectivity index (χ2v) is 4.12. The fourth-order valence-electron chi connectivity index (χ4n) is 2.01. The van der Waals surface area contributed by atoms with E-state index in [4.69, 9.17) is 5.26 Å². The van der Waals surface area contributed by atoms with E-state index in [0.717, 1.165) is 12.8 Å². The van der Waals surface area contributed by atoms with Crippen molar-refractivity contribution < 1.29 is 10.1 Å². The molecule has 14 heavy (non-hydrogen) atoms. The Morgan fingerprint density at radius 2 is 1.57 bits per heavy atom. The Morgan fingerprint density at radius 3 is 2.00 bits per heavy atom. The maximum absolute atomic E-state index is 8.85. The molecule has 0 aromatic rings. The van der Waals surface area contributed by atoms with E-state index in [1.54, 1.807) is 0 Å². The van der Waals surface area contributed by atoms with Gasteiger partial charge in [-0.05, 0) is 25.2 Å². The number of unbranched alkanes of at least 4 members (excludes halogenated alkanes) is 1. The van der Waals surface area contributed by atoms with Crippen molar-refractivity contribution in [3.05, 3.63) is 0 Å². The van der Waals surface area contributed by atoms with Gasteiger partial charge in [-0.1, -0.05) is 46.5 Å². The topological polar surface area (TPSA) is 29.5 Å². The average molecular weight is 202 g/mol. The Morgan fingerprint density at radius 1 is 0.929 bits per heavy atom. The number of rotatable bonds is 9. The van der Waals surface area contributed by atoms with Crippen LogP contribution in [-0.2, 0) is 4.89 Å². The van der Waals surface area contributed by atoms with Crippen LogP contribution < -0.4 is 0 Å². The molecule has 0 aromatic heterocycles. The number of hydrogen-bond donors (Lipinski definition) is 1. The van der Waals surface area contributed by atoms with Gasteiger partial charge in [-0.15, -0.1) is 0 Å². The van der Waals surface area contributed by atoms with Crippen molar-refractivity contribution in [2.75, 3.05) is 0 Å². The molecular weight excluding hydrogens is 176 g/mol. The van der Waals surface area contributed by atoms with Crippen molar-refractivity contribution in [2.24, 2.45) is 5.92 Å². The van der Waals surface area contributed by atoms with E-state index in [2.05, 4.69) is 25.7 Å². The minimum absolute atomic E-state index is 0.0616. The third kappa shape index (κ3) is 5.61. The molecule has 0 aliphatic rings. The van der Waals surface area contributed by atoms with Gasteiger partial charge in [0.2, 0.25) is 0 Å². The molecule has 0 aromatic carbocycles. The molecule has 0 rings (SSSR count). The summed E-state index contributed by atoms with van der Waals surface area (Å²) in [5.74, 6) is 0.546. The zero-order valence-corrected chi connectivity index (χ0v) is 9.96. The van der Waals surface area contributed by atoms with Gasteiger partial charge in [-0.2, -0.15) is 0 Å². The lowest BCUT2D eigenvalue weighted by atomic mass is 9.89. The molecule has 0 aliphatic carbocycles. The van der Waals surface area contributed by atoms with Crippen LogP contribution in [0.15, 0.2) is 0 Å². The molecule has 0 bridgehead atoms. The summed E-state index contributed by atoms with van der Waals surface area (Å²) >= 11 is 0. The normalized spacial score (nSPS) is 15.4. The van der Waals surface area contributed by atoms with Crippen molar-refractivity contribution in [1.29, 1.82) is 0 Å². The molecule has 0 spiro atoms. The molecule has 0 saturated heterocycles. The third-order valence-corrected chi connectivity index (χ3v) is 2.82. The van der Waals surface area contributed by atoms with Crippen LogP contribution >= 0.6 is 0 Å². The van der Waals surface area contributed by atoms with E-state index in [1.807, 2.05) is 0 Å². The summed E-state index contributed by atoms with van der Waals surface area (Å²) in [7, 11) is 0. The minimum Gasteiger partial charge on any atom is -0.252 e. The smallest absolute Gasteiger partial charge is 0.0955 e. The summed E-state index contributed by atoms with van der Waals surface area (Å²) < 4.78 is 0. The first kappa shape index (κ1) is 13.9. The summed E-state index contributed by atoms with van der Waals surface area (Å²) in [6, 6.07) is 0. The van der Waals surface area contributed by atoms with E-state index < -0.39 is 0 Å². The molecule has 0 saturated carbocycles. The minimum atomic E-state index is 0.0616. The molecule has 0 fully saturated rings. The van der Waals surface area contributed by atoms with Crippen LogP contribution in [0.5, 0.6) is 0 Å². The zero-order valence-electron chi connectivity index (χ0n) is 9.96. The van der Waals surface area contributed by atoms with Gasteiger partial charge < -0.3 is 0 Å². The summed E-state index contributed by atoms with van der Waals surface area (Å²) in [4.78, 5) is 4.60. The molecule has 0 radical (unpaired) electrons. The lowest BCUT2D eigenvalue weighted by Gasteiger charge is -2.23. The van der Waals surface area contributed by atoms with Crippen LogP contribution in [0.1, 0.15) is 65.7 Å². The Balaban J connectivity index is 3.97. The van der Waals surface area contributed by atoms with Crippen LogP contribution in [0.3, 0.4) is 0 Å².